The van der Waals surface area contributed by atoms with Crippen molar-refractivity contribution in [2.24, 2.45) is 0 Å². The molecule has 4 unspecified atom stereocenters. The topological polar surface area (TPSA) is 38.7 Å². The van der Waals surface area contributed by atoms with Gasteiger partial charge in [-0.1, -0.05) is 6.08 Å². The van der Waals surface area contributed by atoms with Gasteiger partial charge in [0.25, 0.3) is 0 Å². The van der Waals surface area contributed by atoms with E-state index in [4.69, 9.17) is 9.47 Å². The molecule has 2 heterocycles. The number of ether oxygens (including phenoxy) is 2. The molecule has 2 aliphatic heterocycles. The second-order valence-corrected chi connectivity index (χ2v) is 2.69. The largest absolute Gasteiger partial charge is 0.386 e. The molecular formula is C7H10O3. The highest BCUT2D eigenvalue weighted by Crippen LogP contribution is 2.26. The molecule has 1 saturated heterocycles. The molecule has 0 radical (unpaired) electrons. The van der Waals surface area contributed by atoms with E-state index in [1.165, 1.54) is 0 Å². The first-order chi connectivity index (χ1) is 4.77. The monoisotopic (exact) mass is 142 g/mol. The zero-order valence-corrected chi connectivity index (χ0v) is 5.73. The first kappa shape index (κ1) is 6.34. The highest BCUT2D eigenvalue weighted by Gasteiger charge is 2.38. The van der Waals surface area contributed by atoms with Crippen LogP contribution in [0, 0.1) is 0 Å². The summed E-state index contributed by atoms with van der Waals surface area (Å²) in [4.78, 5) is 0. The SMILES string of the molecule is CC1OC2C=CC(O)C1O2. The van der Waals surface area contributed by atoms with Crippen LogP contribution in [0.4, 0.5) is 0 Å². The molecular weight excluding hydrogens is 132 g/mol. The quantitative estimate of drug-likeness (QED) is 0.485. The molecule has 0 aromatic heterocycles. The van der Waals surface area contributed by atoms with Gasteiger partial charge in [-0.3, -0.25) is 0 Å². The molecule has 1 fully saturated rings. The van der Waals surface area contributed by atoms with E-state index in [1.807, 2.05) is 6.92 Å². The zero-order chi connectivity index (χ0) is 7.14. The van der Waals surface area contributed by atoms with Crippen LogP contribution in [0.2, 0.25) is 0 Å². The Morgan fingerprint density at radius 1 is 1.30 bits per heavy atom. The summed E-state index contributed by atoms with van der Waals surface area (Å²) >= 11 is 0. The summed E-state index contributed by atoms with van der Waals surface area (Å²) in [5.41, 5.74) is 0. The van der Waals surface area contributed by atoms with Gasteiger partial charge in [-0.05, 0) is 13.0 Å². The molecule has 1 N–H and O–H groups in total. The molecule has 0 saturated carbocycles. The smallest absolute Gasteiger partial charge is 0.177 e. The maximum absolute atomic E-state index is 9.27. The number of aliphatic hydroxyl groups excluding tert-OH is 1. The number of fused-ring (bicyclic) bond motifs is 2. The van der Waals surface area contributed by atoms with E-state index >= 15 is 0 Å². The van der Waals surface area contributed by atoms with Gasteiger partial charge in [-0.25, -0.2) is 0 Å². The summed E-state index contributed by atoms with van der Waals surface area (Å²) in [5, 5.41) is 9.27. The molecule has 0 amide bonds. The molecule has 10 heavy (non-hydrogen) atoms. The van der Waals surface area contributed by atoms with Crippen LogP contribution in [-0.4, -0.2) is 29.7 Å². The summed E-state index contributed by atoms with van der Waals surface area (Å²) < 4.78 is 10.5. The van der Waals surface area contributed by atoms with E-state index in [9.17, 15) is 5.11 Å². The predicted octanol–water partition coefficient (Wildman–Crippen LogP) is 0.0471. The molecule has 2 aliphatic rings. The van der Waals surface area contributed by atoms with E-state index in [-0.39, 0.29) is 18.5 Å². The van der Waals surface area contributed by atoms with Crippen LogP contribution < -0.4 is 0 Å². The standard InChI is InChI=1S/C7H10O3/c1-4-7-5(8)2-3-6(9-4)10-7/h2-8H,1H3. The maximum atomic E-state index is 9.27. The van der Waals surface area contributed by atoms with Gasteiger partial charge in [0.05, 0.1) is 6.10 Å². The van der Waals surface area contributed by atoms with Gasteiger partial charge in [-0.15, -0.1) is 0 Å². The number of rotatable bonds is 0. The van der Waals surface area contributed by atoms with Gasteiger partial charge in [0.1, 0.15) is 12.2 Å². The molecule has 0 spiro atoms. The van der Waals surface area contributed by atoms with E-state index in [1.54, 1.807) is 12.2 Å². The Bertz CT molecular complexity index is 166. The summed E-state index contributed by atoms with van der Waals surface area (Å²) in [7, 11) is 0. The minimum Gasteiger partial charge on any atom is -0.386 e. The summed E-state index contributed by atoms with van der Waals surface area (Å²) in [6.45, 7) is 1.90. The van der Waals surface area contributed by atoms with Gasteiger partial charge >= 0.3 is 0 Å². The van der Waals surface area contributed by atoms with Crippen molar-refractivity contribution in [2.75, 3.05) is 0 Å². The molecule has 0 aliphatic carbocycles. The highest BCUT2D eigenvalue weighted by molar-refractivity contribution is 5.04. The van der Waals surface area contributed by atoms with Crippen molar-refractivity contribution >= 4 is 0 Å². The lowest BCUT2D eigenvalue weighted by atomic mass is 10.1. The Labute approximate surface area is 59.2 Å². The number of aliphatic hydroxyl groups is 1. The lowest BCUT2D eigenvalue weighted by molar-refractivity contribution is -0.0537. The van der Waals surface area contributed by atoms with Crippen molar-refractivity contribution in [3.63, 3.8) is 0 Å². The van der Waals surface area contributed by atoms with Crippen LogP contribution in [-0.2, 0) is 9.47 Å². The van der Waals surface area contributed by atoms with Crippen LogP contribution in [0.3, 0.4) is 0 Å². The lowest BCUT2D eigenvalue weighted by Crippen LogP contribution is -2.33. The molecule has 2 rings (SSSR count). The van der Waals surface area contributed by atoms with Gasteiger partial charge in [-0.2, -0.15) is 0 Å². The fraction of sp³-hybridized carbons (Fsp3) is 0.714. The summed E-state index contributed by atoms with van der Waals surface area (Å²) in [6, 6.07) is 0. The van der Waals surface area contributed by atoms with E-state index in [2.05, 4.69) is 0 Å². The van der Waals surface area contributed by atoms with E-state index in [0.29, 0.717) is 0 Å². The average Bonchev–Trinajstić information content (AvgIpc) is 2.21. The minimum atomic E-state index is -0.492. The van der Waals surface area contributed by atoms with Crippen molar-refractivity contribution in [1.29, 1.82) is 0 Å². The highest BCUT2D eigenvalue weighted by atomic mass is 16.7. The maximum Gasteiger partial charge on any atom is 0.177 e. The van der Waals surface area contributed by atoms with Gasteiger partial charge in [0.15, 0.2) is 6.29 Å². The Kier molecular flexibility index (Phi) is 1.30. The Morgan fingerprint density at radius 3 is 2.80 bits per heavy atom. The zero-order valence-electron chi connectivity index (χ0n) is 5.73. The molecule has 56 valence electrons. The van der Waals surface area contributed by atoms with Crippen LogP contribution in [0.1, 0.15) is 6.92 Å². The number of hydrogen-bond acceptors (Lipinski definition) is 3. The third-order valence-corrected chi connectivity index (χ3v) is 1.90. The fourth-order valence-corrected chi connectivity index (χ4v) is 1.35. The van der Waals surface area contributed by atoms with Gasteiger partial charge in [0.2, 0.25) is 0 Å². The van der Waals surface area contributed by atoms with Gasteiger partial charge < -0.3 is 14.6 Å². The van der Waals surface area contributed by atoms with Crippen LogP contribution in [0.25, 0.3) is 0 Å². The second-order valence-electron chi connectivity index (χ2n) is 2.69. The molecule has 4 atom stereocenters. The van der Waals surface area contributed by atoms with Crippen LogP contribution >= 0.6 is 0 Å². The minimum absolute atomic E-state index is 0.00926. The summed E-state index contributed by atoms with van der Waals surface area (Å²) in [6.07, 6.45) is 2.61. The first-order valence-electron chi connectivity index (χ1n) is 3.45. The fourth-order valence-electron chi connectivity index (χ4n) is 1.35. The third kappa shape index (κ3) is 0.785. The van der Waals surface area contributed by atoms with Crippen molar-refractivity contribution < 1.29 is 14.6 Å². The predicted molar refractivity (Wildman–Crippen MR) is 34.4 cm³/mol. The van der Waals surface area contributed by atoms with Crippen LogP contribution in [0.15, 0.2) is 12.2 Å². The molecule has 2 bridgehead atoms. The summed E-state index contributed by atoms with van der Waals surface area (Å²) in [5.74, 6) is 0. The normalized spacial score (nSPS) is 51.8. The lowest BCUT2D eigenvalue weighted by Gasteiger charge is -2.18. The average molecular weight is 142 g/mol. The Balaban J connectivity index is 2.21. The Hall–Kier alpha value is -0.380. The van der Waals surface area contributed by atoms with Crippen molar-refractivity contribution in [3.8, 4) is 0 Å². The van der Waals surface area contributed by atoms with Crippen molar-refractivity contribution in [3.05, 3.63) is 12.2 Å². The van der Waals surface area contributed by atoms with E-state index in [0.717, 1.165) is 0 Å². The number of hydrogen-bond donors (Lipinski definition) is 1. The Morgan fingerprint density at radius 2 is 2.10 bits per heavy atom. The molecule has 0 aromatic rings. The molecule has 0 aromatic carbocycles. The van der Waals surface area contributed by atoms with Gasteiger partial charge in [0, 0.05) is 0 Å². The molecule has 3 nitrogen and oxygen atoms in total. The van der Waals surface area contributed by atoms with Crippen LogP contribution in [0.5, 0.6) is 0 Å². The van der Waals surface area contributed by atoms with Crippen molar-refractivity contribution in [1.82, 2.24) is 0 Å². The van der Waals surface area contributed by atoms with Crippen molar-refractivity contribution in [2.45, 2.75) is 31.5 Å². The third-order valence-electron chi connectivity index (χ3n) is 1.90. The first-order valence-corrected chi connectivity index (χ1v) is 3.45. The van der Waals surface area contributed by atoms with E-state index < -0.39 is 6.10 Å². The molecule has 3 heteroatoms. The second kappa shape index (κ2) is 2.05.